The van der Waals surface area contributed by atoms with Gasteiger partial charge in [0, 0.05) is 18.6 Å². The normalized spacial score (nSPS) is 48.6. The summed E-state index contributed by atoms with van der Waals surface area (Å²) in [6, 6.07) is 6.02. The zero-order valence-electron chi connectivity index (χ0n) is 21.3. The lowest BCUT2D eigenvalue weighted by Gasteiger charge is -2.61. The number of nitrogens with zero attached hydrogens (tertiary/aromatic N) is 1. The summed E-state index contributed by atoms with van der Waals surface area (Å²) in [5.74, 6) is 5.67. The summed E-state index contributed by atoms with van der Waals surface area (Å²) >= 11 is 0. The number of ether oxygens (including phenoxy) is 2. The summed E-state index contributed by atoms with van der Waals surface area (Å²) in [7, 11) is 3.69. The Morgan fingerprint density at radius 2 is 1.91 bits per heavy atom. The van der Waals surface area contributed by atoms with E-state index in [1.807, 2.05) is 19.2 Å². The van der Waals surface area contributed by atoms with Crippen LogP contribution in [0.5, 0.6) is 5.88 Å². The van der Waals surface area contributed by atoms with Gasteiger partial charge in [-0.05, 0) is 110 Å². The van der Waals surface area contributed by atoms with E-state index < -0.39 is 0 Å². The van der Waals surface area contributed by atoms with Crippen molar-refractivity contribution in [1.29, 1.82) is 0 Å². The number of fused-ring (bicyclic) bond motifs is 4. The Hall–Kier alpha value is -1.35. The molecule has 1 heterocycles. The molecule has 3 nitrogen and oxygen atoms in total. The smallest absolute Gasteiger partial charge is 0.213 e. The van der Waals surface area contributed by atoms with Gasteiger partial charge in [0.05, 0.1) is 18.9 Å². The largest absolute Gasteiger partial charge is 0.481 e. The molecular weight excluding hydrogens is 406 g/mol. The third kappa shape index (κ3) is 2.93. The molecule has 1 aromatic heterocycles. The highest BCUT2D eigenvalue weighted by Crippen LogP contribution is 2.82. The molecule has 0 radical (unpaired) electrons. The van der Waals surface area contributed by atoms with Crippen molar-refractivity contribution < 1.29 is 9.47 Å². The summed E-state index contributed by atoms with van der Waals surface area (Å²) in [6.07, 6.45) is 16.5. The topological polar surface area (TPSA) is 31.4 Å². The minimum atomic E-state index is 0.466. The minimum Gasteiger partial charge on any atom is -0.481 e. The van der Waals surface area contributed by atoms with Crippen molar-refractivity contribution in [2.24, 2.45) is 51.8 Å². The molecule has 3 heteroatoms. The highest BCUT2D eigenvalue weighted by molar-refractivity contribution is 5.45. The third-order valence-electron chi connectivity index (χ3n) is 12.1. The molecule has 0 aliphatic heterocycles. The standard InChI is InChI=1S/C30H43NO2/c1-19(9-10-21-7-6-8-27(31-21)33-5)23-11-12-24-22-17-26(32-4)30-18-20(30)13-16-29(30,3)25(22)14-15-28(23,24)2/h6-10,19-20,22-26H,11-18H2,1-5H3/b10-9+/t19-,20-,22+,23-,24+,25+,26-,28-,29-,30?/m1/s1. The summed E-state index contributed by atoms with van der Waals surface area (Å²) in [5.41, 5.74) is 2.53. The first kappa shape index (κ1) is 22.1. The second-order valence-electron chi connectivity index (χ2n) is 12.8. The van der Waals surface area contributed by atoms with E-state index in [9.17, 15) is 0 Å². The van der Waals surface area contributed by atoms with Gasteiger partial charge in [0.1, 0.15) is 0 Å². The molecule has 10 atom stereocenters. The fourth-order valence-corrected chi connectivity index (χ4v) is 10.5. The molecule has 5 aliphatic carbocycles. The summed E-state index contributed by atoms with van der Waals surface area (Å²) in [4.78, 5) is 4.59. The molecule has 0 aromatic carbocycles. The Morgan fingerprint density at radius 1 is 1.06 bits per heavy atom. The van der Waals surface area contributed by atoms with Crippen LogP contribution in [0.25, 0.3) is 6.08 Å². The Kier molecular flexibility index (Phi) is 5.08. The molecule has 5 fully saturated rings. The Balaban J connectivity index is 1.23. The van der Waals surface area contributed by atoms with Gasteiger partial charge >= 0.3 is 0 Å². The van der Waals surface area contributed by atoms with Crippen LogP contribution in [-0.2, 0) is 4.74 Å². The molecule has 1 spiro atoms. The highest BCUT2D eigenvalue weighted by Gasteiger charge is 2.77. The second-order valence-corrected chi connectivity index (χ2v) is 12.8. The van der Waals surface area contributed by atoms with Gasteiger partial charge in [-0.2, -0.15) is 0 Å². The molecule has 5 saturated carbocycles. The lowest BCUT2D eigenvalue weighted by atomic mass is 9.45. The van der Waals surface area contributed by atoms with Gasteiger partial charge in [-0.3, -0.25) is 0 Å². The molecule has 1 unspecified atom stereocenters. The second kappa shape index (κ2) is 7.57. The van der Waals surface area contributed by atoms with Crippen LogP contribution in [0.4, 0.5) is 0 Å². The van der Waals surface area contributed by atoms with Gasteiger partial charge in [-0.15, -0.1) is 0 Å². The van der Waals surface area contributed by atoms with Gasteiger partial charge < -0.3 is 9.47 Å². The predicted octanol–water partition coefficient (Wildman–Crippen LogP) is 7.02. The molecule has 0 bridgehead atoms. The van der Waals surface area contributed by atoms with Crippen LogP contribution >= 0.6 is 0 Å². The molecule has 0 N–H and O–H groups in total. The number of methoxy groups -OCH3 is 2. The lowest BCUT2D eigenvalue weighted by Crippen LogP contribution is -2.57. The van der Waals surface area contributed by atoms with Crippen molar-refractivity contribution in [1.82, 2.24) is 4.98 Å². The van der Waals surface area contributed by atoms with E-state index in [1.54, 1.807) is 7.11 Å². The maximum atomic E-state index is 6.30. The van der Waals surface area contributed by atoms with E-state index in [4.69, 9.17) is 9.47 Å². The van der Waals surface area contributed by atoms with E-state index in [0.717, 1.165) is 35.3 Å². The van der Waals surface area contributed by atoms with Crippen LogP contribution in [0.2, 0.25) is 0 Å². The Morgan fingerprint density at radius 3 is 2.67 bits per heavy atom. The van der Waals surface area contributed by atoms with Gasteiger partial charge in [-0.25, -0.2) is 4.98 Å². The summed E-state index contributed by atoms with van der Waals surface area (Å²) in [5, 5.41) is 0. The van der Waals surface area contributed by atoms with Crippen LogP contribution in [0, 0.1) is 51.8 Å². The van der Waals surface area contributed by atoms with Crippen LogP contribution in [-0.4, -0.2) is 25.3 Å². The maximum absolute atomic E-state index is 6.30. The van der Waals surface area contributed by atoms with E-state index >= 15 is 0 Å². The molecule has 180 valence electrons. The maximum Gasteiger partial charge on any atom is 0.213 e. The van der Waals surface area contributed by atoms with E-state index in [-0.39, 0.29) is 0 Å². The average Bonchev–Trinajstić information content (AvgIpc) is 3.33. The monoisotopic (exact) mass is 449 g/mol. The van der Waals surface area contributed by atoms with Crippen molar-refractivity contribution in [3.8, 4) is 5.88 Å². The number of allylic oxidation sites excluding steroid dienone is 1. The first-order valence-corrected chi connectivity index (χ1v) is 13.6. The zero-order valence-corrected chi connectivity index (χ0v) is 21.3. The van der Waals surface area contributed by atoms with E-state index in [0.29, 0.717) is 34.1 Å². The van der Waals surface area contributed by atoms with Crippen molar-refractivity contribution in [3.63, 3.8) is 0 Å². The summed E-state index contributed by atoms with van der Waals surface area (Å²) < 4.78 is 11.6. The quantitative estimate of drug-likeness (QED) is 0.484. The number of aromatic nitrogens is 1. The van der Waals surface area contributed by atoms with Crippen molar-refractivity contribution in [2.45, 2.75) is 78.2 Å². The first-order valence-electron chi connectivity index (χ1n) is 13.6. The van der Waals surface area contributed by atoms with Crippen molar-refractivity contribution >= 4 is 6.08 Å². The van der Waals surface area contributed by atoms with Crippen molar-refractivity contribution in [3.05, 3.63) is 30.0 Å². The molecule has 33 heavy (non-hydrogen) atoms. The third-order valence-corrected chi connectivity index (χ3v) is 12.1. The zero-order chi connectivity index (χ0) is 23.0. The SMILES string of the molecule is COc1cccc(/C=C/[C@@H](C)[C@H]2CC[C@H]3[C@@H]4C[C@@H](OC)C56C[C@H]5CC[C@]6(C)[C@H]4CC[C@]23C)n1. The minimum absolute atomic E-state index is 0.466. The van der Waals surface area contributed by atoms with Gasteiger partial charge in [0.2, 0.25) is 5.88 Å². The van der Waals surface area contributed by atoms with Crippen LogP contribution in [0.15, 0.2) is 24.3 Å². The molecular formula is C30H43NO2. The lowest BCUT2D eigenvalue weighted by molar-refractivity contribution is -0.160. The van der Waals surface area contributed by atoms with Gasteiger partial charge in [-0.1, -0.05) is 32.9 Å². The number of hydrogen-bond acceptors (Lipinski definition) is 3. The number of hydrogen-bond donors (Lipinski definition) is 0. The fourth-order valence-electron chi connectivity index (χ4n) is 10.5. The van der Waals surface area contributed by atoms with E-state index in [1.165, 1.54) is 51.4 Å². The molecule has 1 aromatic rings. The predicted molar refractivity (Wildman–Crippen MR) is 133 cm³/mol. The Labute approximate surface area is 200 Å². The van der Waals surface area contributed by atoms with E-state index in [2.05, 4.69) is 44.0 Å². The first-order chi connectivity index (χ1) is 15.9. The van der Waals surface area contributed by atoms with Crippen LogP contribution in [0.3, 0.4) is 0 Å². The van der Waals surface area contributed by atoms with Crippen molar-refractivity contribution in [2.75, 3.05) is 14.2 Å². The molecule has 0 amide bonds. The number of rotatable bonds is 5. The van der Waals surface area contributed by atoms with Crippen LogP contribution < -0.4 is 4.74 Å². The number of pyridine rings is 1. The Bertz CT molecular complexity index is 943. The summed E-state index contributed by atoms with van der Waals surface area (Å²) in [6.45, 7) is 7.79. The average molecular weight is 450 g/mol. The fraction of sp³-hybridized carbons (Fsp3) is 0.767. The van der Waals surface area contributed by atoms with Crippen LogP contribution in [0.1, 0.15) is 77.8 Å². The molecule has 6 rings (SSSR count). The molecule has 5 aliphatic rings. The van der Waals surface area contributed by atoms with Gasteiger partial charge in [0.15, 0.2) is 0 Å². The molecule has 0 saturated heterocycles. The van der Waals surface area contributed by atoms with Gasteiger partial charge in [0.25, 0.3) is 0 Å². The highest BCUT2D eigenvalue weighted by atomic mass is 16.5.